The van der Waals surface area contributed by atoms with Crippen LogP contribution < -0.4 is 9.64 Å². The zero-order valence-corrected chi connectivity index (χ0v) is 12.5. The van der Waals surface area contributed by atoms with Crippen LogP contribution in [0.3, 0.4) is 0 Å². The molecule has 1 N–H and O–H groups in total. The second-order valence-electron chi connectivity index (χ2n) is 5.70. The van der Waals surface area contributed by atoms with Gasteiger partial charge in [-0.15, -0.1) is 0 Å². The van der Waals surface area contributed by atoms with E-state index in [1.807, 2.05) is 24.1 Å². The van der Waals surface area contributed by atoms with Crippen LogP contribution in [0, 0.1) is 0 Å². The highest BCUT2D eigenvalue weighted by Crippen LogP contribution is 2.34. The van der Waals surface area contributed by atoms with Crippen LogP contribution in [-0.2, 0) is 0 Å². The molecular weight excluding hydrogens is 254 g/mol. The molecule has 0 unspecified atom stereocenters. The van der Waals surface area contributed by atoms with E-state index in [1.165, 1.54) is 0 Å². The third-order valence-electron chi connectivity index (χ3n) is 4.05. The van der Waals surface area contributed by atoms with Gasteiger partial charge in [0.05, 0.1) is 24.0 Å². The Morgan fingerprint density at radius 3 is 2.60 bits per heavy atom. The number of carbonyl (C=O) groups is 1. The lowest BCUT2D eigenvalue weighted by Gasteiger charge is -2.31. The van der Waals surface area contributed by atoms with Crippen molar-refractivity contribution < 1.29 is 14.6 Å². The largest absolute Gasteiger partial charge is 0.496 e. The van der Waals surface area contributed by atoms with Gasteiger partial charge in [-0.3, -0.25) is 4.79 Å². The first kappa shape index (κ1) is 14.9. The van der Waals surface area contributed by atoms with Crippen LogP contribution in [0.4, 0.5) is 5.69 Å². The van der Waals surface area contributed by atoms with Crippen LogP contribution in [0.25, 0.3) is 0 Å². The lowest BCUT2D eigenvalue weighted by atomic mass is 10.0. The molecule has 0 amide bonds. The number of Topliss-reactive ketones (excluding diaryl/α,β-unsaturated/α-hetero) is 1. The highest BCUT2D eigenvalue weighted by molar-refractivity contribution is 6.02. The van der Waals surface area contributed by atoms with E-state index in [9.17, 15) is 9.90 Å². The van der Waals surface area contributed by atoms with Crippen molar-refractivity contribution in [2.45, 2.75) is 38.2 Å². The zero-order valence-electron chi connectivity index (χ0n) is 12.5. The molecule has 0 saturated heterocycles. The SMILES string of the molecule is COc1cccc(N(C)CC2(O)CCCC2)c1C(C)=O. The Balaban J connectivity index is 2.29. The standard InChI is InChI=1S/C16H23NO3/c1-12(18)15-13(7-6-8-14(15)20-3)17(2)11-16(19)9-4-5-10-16/h6-8,19H,4-5,9-11H2,1-3H3. The molecule has 4 nitrogen and oxygen atoms in total. The predicted octanol–water partition coefficient (Wildman–Crippen LogP) is 2.64. The number of hydrogen-bond donors (Lipinski definition) is 1. The summed E-state index contributed by atoms with van der Waals surface area (Å²) in [4.78, 5) is 13.9. The van der Waals surface area contributed by atoms with Crippen molar-refractivity contribution >= 4 is 11.5 Å². The molecular formula is C16H23NO3. The fraction of sp³-hybridized carbons (Fsp3) is 0.562. The number of nitrogens with zero attached hydrogens (tertiary/aromatic N) is 1. The Hall–Kier alpha value is -1.55. The summed E-state index contributed by atoms with van der Waals surface area (Å²) in [5, 5.41) is 10.5. The average Bonchev–Trinajstić information content (AvgIpc) is 2.83. The molecule has 0 bridgehead atoms. The number of ether oxygens (including phenoxy) is 1. The van der Waals surface area contributed by atoms with Crippen molar-refractivity contribution in [1.82, 2.24) is 0 Å². The highest BCUT2D eigenvalue weighted by atomic mass is 16.5. The first-order valence-electron chi connectivity index (χ1n) is 7.08. The first-order chi connectivity index (χ1) is 9.47. The summed E-state index contributed by atoms with van der Waals surface area (Å²) in [5.41, 5.74) is 0.766. The summed E-state index contributed by atoms with van der Waals surface area (Å²) in [5.74, 6) is 0.558. The monoisotopic (exact) mass is 277 g/mol. The molecule has 0 spiro atoms. The number of benzene rings is 1. The number of anilines is 1. The molecule has 0 atom stereocenters. The lowest BCUT2D eigenvalue weighted by molar-refractivity contribution is 0.0558. The van der Waals surface area contributed by atoms with Crippen LogP contribution in [-0.4, -0.2) is 37.2 Å². The van der Waals surface area contributed by atoms with Crippen molar-refractivity contribution in [2.75, 3.05) is 25.6 Å². The van der Waals surface area contributed by atoms with Gasteiger partial charge in [-0.2, -0.15) is 0 Å². The van der Waals surface area contributed by atoms with Crippen LogP contribution >= 0.6 is 0 Å². The van der Waals surface area contributed by atoms with Gasteiger partial charge >= 0.3 is 0 Å². The minimum Gasteiger partial charge on any atom is -0.496 e. The Bertz CT molecular complexity index is 492. The Kier molecular flexibility index (Phi) is 4.33. The number of rotatable bonds is 5. The third-order valence-corrected chi connectivity index (χ3v) is 4.05. The van der Waals surface area contributed by atoms with Gasteiger partial charge in [-0.25, -0.2) is 0 Å². The van der Waals surface area contributed by atoms with Crippen molar-refractivity contribution in [2.24, 2.45) is 0 Å². The smallest absolute Gasteiger partial charge is 0.165 e. The number of ketones is 1. The molecule has 20 heavy (non-hydrogen) atoms. The molecule has 0 aliphatic heterocycles. The fourth-order valence-electron chi connectivity index (χ4n) is 3.08. The van der Waals surface area contributed by atoms with Gasteiger partial charge in [0.2, 0.25) is 0 Å². The van der Waals surface area contributed by atoms with Crippen molar-refractivity contribution in [3.63, 3.8) is 0 Å². The summed E-state index contributed by atoms with van der Waals surface area (Å²) in [6.07, 6.45) is 3.80. The molecule has 4 heteroatoms. The minimum absolute atomic E-state index is 0.0253. The molecule has 0 radical (unpaired) electrons. The molecule has 110 valence electrons. The van der Waals surface area contributed by atoms with E-state index in [0.717, 1.165) is 31.4 Å². The van der Waals surface area contributed by atoms with Gasteiger partial charge in [-0.05, 0) is 31.9 Å². The lowest BCUT2D eigenvalue weighted by Crippen LogP contribution is -2.39. The molecule has 1 saturated carbocycles. The van der Waals surface area contributed by atoms with Crippen molar-refractivity contribution in [3.05, 3.63) is 23.8 Å². The van der Waals surface area contributed by atoms with Gasteiger partial charge in [0.1, 0.15) is 5.75 Å². The van der Waals surface area contributed by atoms with Gasteiger partial charge in [0.25, 0.3) is 0 Å². The van der Waals surface area contributed by atoms with E-state index in [1.54, 1.807) is 20.1 Å². The van der Waals surface area contributed by atoms with Crippen molar-refractivity contribution in [1.29, 1.82) is 0 Å². The molecule has 1 fully saturated rings. The maximum absolute atomic E-state index is 11.9. The minimum atomic E-state index is -0.633. The quantitative estimate of drug-likeness (QED) is 0.841. The summed E-state index contributed by atoms with van der Waals surface area (Å²) in [6, 6.07) is 5.56. The molecule has 0 heterocycles. The van der Waals surface area contributed by atoms with E-state index in [4.69, 9.17) is 4.74 Å². The van der Waals surface area contributed by atoms with E-state index in [2.05, 4.69) is 0 Å². The van der Waals surface area contributed by atoms with E-state index in [0.29, 0.717) is 17.9 Å². The Morgan fingerprint density at radius 2 is 2.05 bits per heavy atom. The second kappa shape index (κ2) is 5.83. The van der Waals surface area contributed by atoms with E-state index < -0.39 is 5.60 Å². The molecule has 2 rings (SSSR count). The molecule has 1 aliphatic carbocycles. The molecule has 0 aromatic heterocycles. The summed E-state index contributed by atoms with van der Waals surface area (Å²) >= 11 is 0. The average molecular weight is 277 g/mol. The molecule has 1 aromatic rings. The summed E-state index contributed by atoms with van der Waals surface area (Å²) in [6.45, 7) is 2.08. The van der Waals surface area contributed by atoms with E-state index in [-0.39, 0.29) is 5.78 Å². The predicted molar refractivity (Wildman–Crippen MR) is 79.7 cm³/mol. The van der Waals surface area contributed by atoms with Gasteiger partial charge in [-0.1, -0.05) is 18.9 Å². The first-order valence-corrected chi connectivity index (χ1v) is 7.08. The maximum atomic E-state index is 11.9. The number of carbonyl (C=O) groups excluding carboxylic acids is 1. The summed E-state index contributed by atoms with van der Waals surface area (Å²) < 4.78 is 5.28. The number of likely N-dealkylation sites (N-methyl/N-ethyl adjacent to an activating group) is 1. The molecule has 1 aliphatic rings. The van der Waals surface area contributed by atoms with Crippen molar-refractivity contribution in [3.8, 4) is 5.75 Å². The van der Waals surface area contributed by atoms with Crippen LogP contribution in [0.2, 0.25) is 0 Å². The Labute approximate surface area is 120 Å². The highest BCUT2D eigenvalue weighted by Gasteiger charge is 2.33. The zero-order chi connectivity index (χ0) is 14.8. The number of hydrogen-bond acceptors (Lipinski definition) is 4. The topological polar surface area (TPSA) is 49.8 Å². The van der Waals surface area contributed by atoms with Gasteiger partial charge in [0, 0.05) is 13.6 Å². The maximum Gasteiger partial charge on any atom is 0.165 e. The van der Waals surface area contributed by atoms with Gasteiger partial charge in [0.15, 0.2) is 5.78 Å². The number of methoxy groups -OCH3 is 1. The van der Waals surface area contributed by atoms with E-state index >= 15 is 0 Å². The fourth-order valence-corrected chi connectivity index (χ4v) is 3.08. The van der Waals surface area contributed by atoms with Crippen LogP contribution in [0.5, 0.6) is 5.75 Å². The van der Waals surface area contributed by atoms with Crippen LogP contribution in [0.15, 0.2) is 18.2 Å². The third kappa shape index (κ3) is 2.96. The van der Waals surface area contributed by atoms with Gasteiger partial charge < -0.3 is 14.7 Å². The van der Waals surface area contributed by atoms with Crippen LogP contribution in [0.1, 0.15) is 43.0 Å². The Morgan fingerprint density at radius 1 is 1.40 bits per heavy atom. The molecule has 1 aromatic carbocycles. The second-order valence-corrected chi connectivity index (χ2v) is 5.70. The number of aliphatic hydroxyl groups is 1. The normalized spacial score (nSPS) is 17.0. The summed E-state index contributed by atoms with van der Waals surface area (Å²) in [7, 11) is 3.48.